The molecule has 0 radical (unpaired) electrons. The van der Waals surface area contributed by atoms with E-state index in [-0.39, 0.29) is 0 Å². The predicted molar refractivity (Wildman–Crippen MR) is 72.1 cm³/mol. The SMILES string of the molecule is CC(=CC(C)(C)[S+](N)[O-])c1cc(Br)cs1. The Balaban J connectivity index is 2.94. The Labute approximate surface area is 106 Å². The fourth-order valence-corrected chi connectivity index (χ4v) is 2.87. The summed E-state index contributed by atoms with van der Waals surface area (Å²) in [4.78, 5) is 1.17. The van der Waals surface area contributed by atoms with Crippen LogP contribution in [0.3, 0.4) is 0 Å². The number of thiophene rings is 1. The minimum atomic E-state index is -1.35. The van der Waals surface area contributed by atoms with Gasteiger partial charge in [0.1, 0.15) is 0 Å². The van der Waals surface area contributed by atoms with E-state index in [0.717, 1.165) is 10.0 Å². The zero-order valence-corrected chi connectivity index (χ0v) is 12.1. The van der Waals surface area contributed by atoms with Crippen molar-refractivity contribution in [1.82, 2.24) is 0 Å². The molecule has 2 N–H and O–H groups in total. The van der Waals surface area contributed by atoms with Gasteiger partial charge in [-0.1, -0.05) is 0 Å². The van der Waals surface area contributed by atoms with Crippen molar-refractivity contribution in [3.63, 3.8) is 0 Å². The first-order chi connectivity index (χ1) is 6.83. The first-order valence-electron chi connectivity index (χ1n) is 4.43. The number of nitrogens with two attached hydrogens (primary N) is 1. The lowest BCUT2D eigenvalue weighted by Crippen LogP contribution is -2.35. The summed E-state index contributed by atoms with van der Waals surface area (Å²) in [5.74, 6) is 0. The standard InChI is InChI=1S/C10H14BrNOS2/c1-7(5-10(2,3)15(12)13)9-4-8(11)6-14-9/h4-6H,12H2,1-3H3. The van der Waals surface area contributed by atoms with Gasteiger partial charge in [-0.3, -0.25) is 0 Å². The quantitative estimate of drug-likeness (QED) is 0.871. The summed E-state index contributed by atoms with van der Waals surface area (Å²) in [5.41, 5.74) is 1.11. The number of allylic oxidation sites excluding steroid dienone is 1. The smallest absolute Gasteiger partial charge is 0.158 e. The molecular weight excluding hydrogens is 294 g/mol. The van der Waals surface area contributed by atoms with E-state index in [1.807, 2.05) is 38.3 Å². The number of rotatable bonds is 3. The molecule has 1 atom stereocenters. The summed E-state index contributed by atoms with van der Waals surface area (Å²) in [5, 5.41) is 7.45. The first-order valence-corrected chi connectivity index (χ1v) is 7.31. The number of halogens is 1. The van der Waals surface area contributed by atoms with E-state index in [2.05, 4.69) is 15.9 Å². The molecule has 1 aromatic heterocycles. The summed E-state index contributed by atoms with van der Waals surface area (Å²) >= 11 is 3.72. The minimum absolute atomic E-state index is 0.486. The second kappa shape index (κ2) is 5.01. The molecule has 2 nitrogen and oxygen atoms in total. The van der Waals surface area contributed by atoms with E-state index >= 15 is 0 Å². The molecule has 5 heteroatoms. The molecule has 15 heavy (non-hydrogen) atoms. The zero-order valence-electron chi connectivity index (χ0n) is 8.91. The molecule has 0 spiro atoms. The molecule has 84 valence electrons. The van der Waals surface area contributed by atoms with Gasteiger partial charge < -0.3 is 4.55 Å². The lowest BCUT2D eigenvalue weighted by Gasteiger charge is -2.21. The van der Waals surface area contributed by atoms with E-state index in [1.54, 1.807) is 11.3 Å². The predicted octanol–water partition coefficient (Wildman–Crippen LogP) is 3.31. The topological polar surface area (TPSA) is 49.1 Å². The summed E-state index contributed by atoms with van der Waals surface area (Å²) in [7, 11) is 0. The Morgan fingerprint density at radius 1 is 1.67 bits per heavy atom. The lowest BCUT2D eigenvalue weighted by atomic mass is 10.1. The first kappa shape index (κ1) is 13.3. The summed E-state index contributed by atoms with van der Waals surface area (Å²) in [6.07, 6.45) is 1.96. The van der Waals surface area contributed by atoms with Crippen molar-refractivity contribution in [2.24, 2.45) is 5.14 Å². The van der Waals surface area contributed by atoms with E-state index in [9.17, 15) is 4.55 Å². The molecule has 0 aliphatic heterocycles. The maximum atomic E-state index is 11.3. The van der Waals surface area contributed by atoms with Crippen molar-refractivity contribution in [2.45, 2.75) is 25.5 Å². The van der Waals surface area contributed by atoms with Gasteiger partial charge in [0.05, 0.1) is 0 Å². The van der Waals surface area contributed by atoms with Crippen molar-refractivity contribution in [1.29, 1.82) is 0 Å². The van der Waals surface area contributed by atoms with Crippen LogP contribution in [0.15, 0.2) is 22.0 Å². The van der Waals surface area contributed by atoms with Gasteiger partial charge in [0.15, 0.2) is 4.75 Å². The van der Waals surface area contributed by atoms with E-state index in [4.69, 9.17) is 5.14 Å². The molecule has 0 aliphatic carbocycles. The molecule has 0 amide bonds. The molecule has 0 bridgehead atoms. The molecular formula is C10H14BrNOS2. The van der Waals surface area contributed by atoms with Crippen LogP contribution in [0.1, 0.15) is 25.6 Å². The molecule has 0 aromatic carbocycles. The van der Waals surface area contributed by atoms with Crippen LogP contribution in [0.25, 0.3) is 5.57 Å². The average molecular weight is 308 g/mol. The van der Waals surface area contributed by atoms with Gasteiger partial charge in [-0.25, -0.2) is 0 Å². The molecule has 0 saturated heterocycles. The summed E-state index contributed by atoms with van der Waals surface area (Å²) in [6, 6.07) is 2.05. The van der Waals surface area contributed by atoms with Crippen LogP contribution in [-0.4, -0.2) is 9.30 Å². The van der Waals surface area contributed by atoms with E-state index in [0.29, 0.717) is 0 Å². The van der Waals surface area contributed by atoms with Gasteiger partial charge in [0.25, 0.3) is 0 Å². The van der Waals surface area contributed by atoms with Crippen molar-refractivity contribution < 1.29 is 4.55 Å². The highest BCUT2D eigenvalue weighted by molar-refractivity contribution is 9.10. The second-order valence-electron chi connectivity index (χ2n) is 3.86. The summed E-state index contributed by atoms with van der Waals surface area (Å²) < 4.78 is 11.9. The molecule has 0 aliphatic rings. The van der Waals surface area contributed by atoms with Gasteiger partial charge in [-0.2, -0.15) is 5.14 Å². The highest BCUT2D eigenvalue weighted by atomic mass is 79.9. The number of hydrogen-bond acceptors (Lipinski definition) is 3. The molecule has 1 aromatic rings. The fourth-order valence-electron chi connectivity index (χ4n) is 1.17. The monoisotopic (exact) mass is 307 g/mol. The maximum absolute atomic E-state index is 11.3. The Kier molecular flexibility index (Phi) is 4.43. The van der Waals surface area contributed by atoms with Crippen molar-refractivity contribution in [3.8, 4) is 0 Å². The largest absolute Gasteiger partial charge is 0.598 e. The molecule has 0 saturated carbocycles. The van der Waals surface area contributed by atoms with Crippen LogP contribution in [0.4, 0.5) is 0 Å². The second-order valence-corrected chi connectivity index (χ2v) is 7.33. The van der Waals surface area contributed by atoms with Gasteiger partial charge >= 0.3 is 0 Å². The van der Waals surface area contributed by atoms with Crippen LogP contribution >= 0.6 is 27.3 Å². The van der Waals surface area contributed by atoms with Crippen LogP contribution in [-0.2, 0) is 11.4 Å². The highest BCUT2D eigenvalue weighted by Crippen LogP contribution is 2.29. The minimum Gasteiger partial charge on any atom is -0.598 e. The van der Waals surface area contributed by atoms with Gasteiger partial charge in [-0.15, -0.1) is 11.3 Å². The third kappa shape index (κ3) is 3.60. The molecule has 1 rings (SSSR count). The normalized spacial score (nSPS) is 15.5. The van der Waals surface area contributed by atoms with Crippen LogP contribution in [0.5, 0.6) is 0 Å². The van der Waals surface area contributed by atoms with E-state index < -0.39 is 16.1 Å². The fraction of sp³-hybridized carbons (Fsp3) is 0.400. The molecule has 0 fully saturated rings. The Morgan fingerprint density at radius 3 is 2.67 bits per heavy atom. The zero-order chi connectivity index (χ0) is 11.6. The Hall–Kier alpha value is 0.190. The Bertz CT molecular complexity index is 371. The lowest BCUT2D eigenvalue weighted by molar-refractivity contribution is 0.573. The van der Waals surface area contributed by atoms with Crippen LogP contribution < -0.4 is 5.14 Å². The Morgan fingerprint density at radius 2 is 2.27 bits per heavy atom. The average Bonchev–Trinajstić information content (AvgIpc) is 2.50. The molecule has 1 heterocycles. The third-order valence-electron chi connectivity index (χ3n) is 2.04. The van der Waals surface area contributed by atoms with Crippen LogP contribution in [0.2, 0.25) is 0 Å². The molecule has 1 unspecified atom stereocenters. The van der Waals surface area contributed by atoms with Crippen LogP contribution in [0, 0.1) is 0 Å². The van der Waals surface area contributed by atoms with Crippen molar-refractivity contribution in [3.05, 3.63) is 26.9 Å². The van der Waals surface area contributed by atoms with E-state index in [1.165, 1.54) is 4.88 Å². The van der Waals surface area contributed by atoms with Gasteiger partial charge in [0, 0.05) is 26.1 Å². The highest BCUT2D eigenvalue weighted by Gasteiger charge is 2.27. The van der Waals surface area contributed by atoms with Gasteiger partial charge in [0.2, 0.25) is 0 Å². The summed E-state index contributed by atoms with van der Waals surface area (Å²) in [6.45, 7) is 5.75. The van der Waals surface area contributed by atoms with Crippen molar-refractivity contribution >= 4 is 44.2 Å². The van der Waals surface area contributed by atoms with Gasteiger partial charge in [-0.05, 0) is 54.4 Å². The maximum Gasteiger partial charge on any atom is 0.158 e. The van der Waals surface area contributed by atoms with Crippen molar-refractivity contribution in [2.75, 3.05) is 0 Å². The number of hydrogen-bond donors (Lipinski definition) is 1. The third-order valence-corrected chi connectivity index (χ3v) is 5.02.